The molecule has 3 N–H and O–H groups in total. The van der Waals surface area contributed by atoms with Crippen molar-refractivity contribution in [3.8, 4) is 0 Å². The molecule has 0 fully saturated rings. The molecule has 1 aromatic carbocycles. The number of nitrogens with two attached hydrogens (primary N) is 1. The summed E-state index contributed by atoms with van der Waals surface area (Å²) in [6.07, 6.45) is -0.754. The first-order valence-electron chi connectivity index (χ1n) is 7.02. The average molecular weight is 346 g/mol. The summed E-state index contributed by atoms with van der Waals surface area (Å²) in [5, 5.41) is 3.34. The number of carbonyl (C=O) groups excluding carboxylic acids is 3. The fraction of sp³-hybridized carbons (Fsp3) is 0.188. The molecule has 0 saturated heterocycles. The smallest absolute Gasteiger partial charge is 0.348 e. The molecule has 1 aliphatic heterocycles. The minimum atomic E-state index is -0.754. The van der Waals surface area contributed by atoms with Crippen LogP contribution < -0.4 is 11.1 Å². The van der Waals surface area contributed by atoms with E-state index in [1.807, 2.05) is 0 Å². The molecule has 0 aliphatic carbocycles. The molecule has 1 unspecified atom stereocenters. The van der Waals surface area contributed by atoms with Crippen molar-refractivity contribution in [2.75, 3.05) is 12.4 Å². The van der Waals surface area contributed by atoms with E-state index in [9.17, 15) is 14.4 Å². The number of cyclic esters (lactones) is 1. The molecule has 24 heavy (non-hydrogen) atoms. The molecule has 2 heterocycles. The van der Waals surface area contributed by atoms with Crippen LogP contribution in [0.15, 0.2) is 24.3 Å². The predicted molar refractivity (Wildman–Crippen MR) is 87.1 cm³/mol. The first kappa shape index (κ1) is 16.0. The van der Waals surface area contributed by atoms with E-state index >= 15 is 0 Å². The van der Waals surface area contributed by atoms with E-state index in [0.717, 1.165) is 11.3 Å². The summed E-state index contributed by atoms with van der Waals surface area (Å²) in [4.78, 5) is 35.8. The van der Waals surface area contributed by atoms with E-state index in [-0.39, 0.29) is 10.4 Å². The molecule has 2 aromatic rings. The molecule has 124 valence electrons. The second kappa shape index (κ2) is 5.97. The Kier molecular flexibility index (Phi) is 3.98. The Morgan fingerprint density at radius 1 is 1.33 bits per heavy atom. The molecule has 1 amide bonds. The Balaban J connectivity index is 2.01. The Morgan fingerprint density at radius 2 is 2.04 bits per heavy atom. The molecule has 1 atom stereocenters. The molecule has 8 heteroatoms. The normalized spacial score (nSPS) is 15.6. The number of methoxy groups -OCH3 is 1. The van der Waals surface area contributed by atoms with Gasteiger partial charge in [0.1, 0.15) is 9.88 Å². The Hall–Kier alpha value is -2.87. The highest BCUT2D eigenvalue weighted by Gasteiger charge is 2.33. The van der Waals surface area contributed by atoms with Crippen LogP contribution in [0.1, 0.15) is 47.7 Å². The van der Waals surface area contributed by atoms with E-state index in [4.69, 9.17) is 15.2 Å². The lowest BCUT2D eigenvalue weighted by atomic mass is 10.1. The predicted octanol–water partition coefficient (Wildman–Crippen LogP) is 2.22. The average Bonchev–Trinajstić information content (AvgIpc) is 3.05. The number of anilines is 1. The third-order valence-electron chi connectivity index (χ3n) is 3.71. The van der Waals surface area contributed by atoms with Crippen LogP contribution in [0.4, 0.5) is 5.00 Å². The number of ether oxygens (including phenoxy) is 2. The zero-order chi connectivity index (χ0) is 17.4. The first-order valence-corrected chi connectivity index (χ1v) is 7.83. The second-order valence-electron chi connectivity index (χ2n) is 5.13. The molecular formula is C16H14N2O5S. The van der Waals surface area contributed by atoms with Crippen LogP contribution in [-0.2, 0) is 9.47 Å². The monoisotopic (exact) mass is 346 g/mol. The van der Waals surface area contributed by atoms with E-state index in [0.29, 0.717) is 21.7 Å². The van der Waals surface area contributed by atoms with Crippen molar-refractivity contribution < 1.29 is 23.9 Å². The number of carbonyl (C=O) groups is 3. The molecule has 0 spiro atoms. The fourth-order valence-corrected chi connectivity index (χ4v) is 3.72. The third-order valence-corrected chi connectivity index (χ3v) is 4.92. The van der Waals surface area contributed by atoms with Crippen LogP contribution in [0, 0.1) is 6.92 Å². The highest BCUT2D eigenvalue weighted by Crippen LogP contribution is 2.38. The molecule has 3 rings (SSSR count). The Bertz CT molecular complexity index is 858. The van der Waals surface area contributed by atoms with Gasteiger partial charge in [-0.1, -0.05) is 18.2 Å². The van der Waals surface area contributed by atoms with Crippen molar-refractivity contribution in [1.29, 1.82) is 0 Å². The van der Waals surface area contributed by atoms with Gasteiger partial charge in [0.25, 0.3) is 5.91 Å². The van der Waals surface area contributed by atoms with Gasteiger partial charge in [0.05, 0.1) is 18.2 Å². The number of rotatable bonds is 4. The van der Waals surface area contributed by atoms with Gasteiger partial charge in [-0.2, -0.15) is 0 Å². The number of hydrogen-bond acceptors (Lipinski definition) is 7. The van der Waals surface area contributed by atoms with Crippen LogP contribution in [0.25, 0.3) is 0 Å². The number of amides is 1. The zero-order valence-electron chi connectivity index (χ0n) is 12.9. The second-order valence-corrected chi connectivity index (χ2v) is 6.15. The van der Waals surface area contributed by atoms with Gasteiger partial charge in [0.2, 0.25) is 6.23 Å². The third kappa shape index (κ3) is 2.50. The highest BCUT2D eigenvalue weighted by atomic mass is 32.1. The molecule has 7 nitrogen and oxygen atoms in total. The van der Waals surface area contributed by atoms with Crippen molar-refractivity contribution in [3.05, 3.63) is 51.4 Å². The number of fused-ring (bicyclic) bond motifs is 1. The molecule has 0 bridgehead atoms. The minimum absolute atomic E-state index is 0.181. The number of esters is 2. The van der Waals surface area contributed by atoms with Gasteiger partial charge < -0.3 is 20.5 Å². The van der Waals surface area contributed by atoms with Gasteiger partial charge in [0, 0.05) is 5.56 Å². The largest absolute Gasteiger partial charge is 0.465 e. The van der Waals surface area contributed by atoms with E-state index < -0.39 is 24.1 Å². The van der Waals surface area contributed by atoms with Crippen LogP contribution in [0.2, 0.25) is 0 Å². The zero-order valence-corrected chi connectivity index (χ0v) is 13.7. The van der Waals surface area contributed by atoms with Crippen molar-refractivity contribution >= 4 is 34.2 Å². The number of nitrogens with one attached hydrogen (secondary N) is 1. The summed E-state index contributed by atoms with van der Waals surface area (Å²) in [7, 11) is 1.26. The SMILES string of the molecule is COC(=O)c1sc(NC2OC(=O)c3ccccc32)c(C(N)=O)c1C. The standard InChI is InChI=1S/C16H14N2O5S/c1-7-10(12(17)19)14(24-11(7)16(21)22-2)18-13-8-5-3-4-6-9(8)15(20)23-13/h3-6,13,18H,1-2H3,(H2,17,19). The quantitative estimate of drug-likeness (QED) is 0.822. The Labute approximate surface area is 141 Å². The first-order chi connectivity index (χ1) is 11.4. The maximum absolute atomic E-state index is 11.9. The van der Waals surface area contributed by atoms with Gasteiger partial charge in [-0.15, -0.1) is 11.3 Å². The maximum atomic E-state index is 11.9. The van der Waals surface area contributed by atoms with Gasteiger partial charge in [-0.05, 0) is 18.6 Å². The summed E-state index contributed by atoms with van der Waals surface area (Å²) in [5.74, 6) is -1.69. The fourth-order valence-electron chi connectivity index (χ4n) is 2.57. The van der Waals surface area contributed by atoms with E-state index in [1.54, 1.807) is 31.2 Å². The topological polar surface area (TPSA) is 108 Å². The summed E-state index contributed by atoms with van der Waals surface area (Å²) in [6, 6.07) is 6.93. The van der Waals surface area contributed by atoms with Crippen molar-refractivity contribution in [3.63, 3.8) is 0 Å². The summed E-state index contributed by atoms with van der Waals surface area (Å²) >= 11 is 1.03. The van der Waals surface area contributed by atoms with Gasteiger partial charge in [-0.25, -0.2) is 9.59 Å². The number of benzene rings is 1. The highest BCUT2D eigenvalue weighted by molar-refractivity contribution is 7.18. The van der Waals surface area contributed by atoms with Crippen molar-refractivity contribution in [2.24, 2.45) is 5.73 Å². The number of thiophene rings is 1. The van der Waals surface area contributed by atoms with Crippen LogP contribution in [0.5, 0.6) is 0 Å². The van der Waals surface area contributed by atoms with Crippen molar-refractivity contribution in [2.45, 2.75) is 13.2 Å². The summed E-state index contributed by atoms with van der Waals surface area (Å²) in [6.45, 7) is 1.61. The molecule has 1 aliphatic rings. The summed E-state index contributed by atoms with van der Waals surface area (Å²) in [5.41, 5.74) is 7.16. The molecular weight excluding hydrogens is 332 g/mol. The minimum Gasteiger partial charge on any atom is -0.465 e. The van der Waals surface area contributed by atoms with Crippen molar-refractivity contribution in [1.82, 2.24) is 0 Å². The lowest BCUT2D eigenvalue weighted by Gasteiger charge is -2.13. The van der Waals surface area contributed by atoms with Gasteiger partial charge >= 0.3 is 11.9 Å². The molecule has 1 aromatic heterocycles. The number of hydrogen-bond donors (Lipinski definition) is 2. The Morgan fingerprint density at radius 3 is 2.71 bits per heavy atom. The van der Waals surface area contributed by atoms with Crippen LogP contribution in [-0.4, -0.2) is 25.0 Å². The van der Waals surface area contributed by atoms with E-state index in [2.05, 4.69) is 5.32 Å². The molecule has 0 radical (unpaired) electrons. The van der Waals surface area contributed by atoms with E-state index in [1.165, 1.54) is 7.11 Å². The lowest BCUT2D eigenvalue weighted by Crippen LogP contribution is -2.16. The lowest BCUT2D eigenvalue weighted by molar-refractivity contribution is 0.0437. The molecule has 0 saturated carbocycles. The van der Waals surface area contributed by atoms with Crippen LogP contribution in [0.3, 0.4) is 0 Å². The van der Waals surface area contributed by atoms with Gasteiger partial charge in [-0.3, -0.25) is 4.79 Å². The number of primary amides is 1. The maximum Gasteiger partial charge on any atom is 0.348 e. The summed E-state index contributed by atoms with van der Waals surface area (Å²) < 4.78 is 10.0. The van der Waals surface area contributed by atoms with Gasteiger partial charge in [0.15, 0.2) is 0 Å². The van der Waals surface area contributed by atoms with Crippen LogP contribution >= 0.6 is 11.3 Å².